The maximum absolute atomic E-state index is 5.92. The molecular weight excluding hydrogens is 254 g/mol. The Morgan fingerprint density at radius 3 is 2.63 bits per heavy atom. The molecule has 2 nitrogen and oxygen atoms in total. The number of hydrogen-bond acceptors (Lipinski definition) is 3. The minimum absolute atomic E-state index is 0.0516. The van der Waals surface area contributed by atoms with E-state index in [1.54, 1.807) is 11.3 Å². The predicted octanol–water partition coefficient (Wildman–Crippen LogP) is 3.71. The number of benzene rings is 1. The van der Waals surface area contributed by atoms with Crippen LogP contribution in [-0.2, 0) is 11.2 Å². The van der Waals surface area contributed by atoms with Crippen molar-refractivity contribution in [3.63, 3.8) is 0 Å². The number of rotatable bonds is 7. The summed E-state index contributed by atoms with van der Waals surface area (Å²) >= 11 is 1.73. The van der Waals surface area contributed by atoms with Crippen LogP contribution in [0.2, 0.25) is 0 Å². The molecule has 0 bridgehead atoms. The van der Waals surface area contributed by atoms with Crippen molar-refractivity contribution in [3.8, 4) is 0 Å². The Morgan fingerprint density at radius 2 is 2.00 bits per heavy atom. The van der Waals surface area contributed by atoms with E-state index in [2.05, 4.69) is 42.6 Å². The highest BCUT2D eigenvalue weighted by Crippen LogP contribution is 2.26. The van der Waals surface area contributed by atoms with E-state index in [9.17, 15) is 0 Å². The van der Waals surface area contributed by atoms with E-state index >= 15 is 0 Å². The Balaban J connectivity index is 1.77. The first-order valence-corrected chi connectivity index (χ1v) is 7.59. The molecule has 0 saturated carbocycles. The summed E-state index contributed by atoms with van der Waals surface area (Å²) in [5.41, 5.74) is 8.45. The number of ether oxygens (including phenoxy) is 1. The van der Waals surface area contributed by atoms with Crippen LogP contribution < -0.4 is 5.73 Å². The molecule has 3 heteroatoms. The highest BCUT2D eigenvalue weighted by atomic mass is 32.1. The molecule has 0 aliphatic rings. The molecule has 0 spiro atoms. The second-order valence-electron chi connectivity index (χ2n) is 4.65. The molecule has 0 radical (unpaired) electrons. The van der Waals surface area contributed by atoms with Crippen LogP contribution in [0.1, 0.15) is 28.5 Å². The second kappa shape index (κ2) is 7.43. The van der Waals surface area contributed by atoms with Gasteiger partial charge in [-0.15, -0.1) is 11.3 Å². The fraction of sp³-hybridized carbons (Fsp3) is 0.375. The molecule has 0 fully saturated rings. The lowest BCUT2D eigenvalue weighted by atomic mass is 10.1. The number of thiophene rings is 1. The van der Waals surface area contributed by atoms with E-state index in [-0.39, 0.29) is 6.10 Å². The third-order valence-corrected chi connectivity index (χ3v) is 4.29. The standard InChI is InChI=1S/C16H21NOS/c1-13-9-11-19-16(13)15(12-17)18-10-5-8-14-6-3-2-4-7-14/h2-4,6-7,9,11,15H,5,8,10,12,17H2,1H3. The summed E-state index contributed by atoms with van der Waals surface area (Å²) in [6.07, 6.45) is 2.14. The minimum Gasteiger partial charge on any atom is -0.371 e. The van der Waals surface area contributed by atoms with Gasteiger partial charge in [-0.3, -0.25) is 0 Å². The summed E-state index contributed by atoms with van der Waals surface area (Å²) in [6.45, 7) is 3.42. The summed E-state index contributed by atoms with van der Waals surface area (Å²) in [7, 11) is 0. The van der Waals surface area contributed by atoms with E-state index in [1.807, 2.05) is 6.07 Å². The molecule has 19 heavy (non-hydrogen) atoms. The number of hydrogen-bond donors (Lipinski definition) is 1. The quantitative estimate of drug-likeness (QED) is 0.782. The Bertz CT molecular complexity index is 481. The molecule has 2 N–H and O–H groups in total. The van der Waals surface area contributed by atoms with Gasteiger partial charge in [-0.2, -0.15) is 0 Å². The lowest BCUT2D eigenvalue weighted by molar-refractivity contribution is 0.0591. The van der Waals surface area contributed by atoms with Gasteiger partial charge >= 0.3 is 0 Å². The largest absolute Gasteiger partial charge is 0.371 e. The van der Waals surface area contributed by atoms with Gasteiger partial charge in [0.05, 0.1) is 0 Å². The third-order valence-electron chi connectivity index (χ3n) is 3.18. The fourth-order valence-electron chi connectivity index (χ4n) is 2.11. The van der Waals surface area contributed by atoms with E-state index in [0.717, 1.165) is 19.4 Å². The maximum atomic E-state index is 5.92. The Hall–Kier alpha value is -1.16. The summed E-state index contributed by atoms with van der Waals surface area (Å²) in [5, 5.41) is 2.10. The molecule has 1 unspecified atom stereocenters. The summed E-state index contributed by atoms with van der Waals surface area (Å²) in [5.74, 6) is 0. The smallest absolute Gasteiger partial charge is 0.104 e. The van der Waals surface area contributed by atoms with Gasteiger partial charge in [0.2, 0.25) is 0 Å². The zero-order valence-corrected chi connectivity index (χ0v) is 12.2. The number of nitrogens with two attached hydrogens (primary N) is 1. The van der Waals surface area contributed by atoms with E-state index < -0.39 is 0 Å². The molecule has 0 aliphatic carbocycles. The van der Waals surface area contributed by atoms with Gasteiger partial charge in [0.1, 0.15) is 6.10 Å². The van der Waals surface area contributed by atoms with Crippen LogP contribution in [0.3, 0.4) is 0 Å². The van der Waals surface area contributed by atoms with Crippen molar-refractivity contribution in [2.24, 2.45) is 5.73 Å². The molecule has 0 saturated heterocycles. The molecule has 0 aliphatic heterocycles. The van der Waals surface area contributed by atoms with Crippen LogP contribution >= 0.6 is 11.3 Å². The fourth-order valence-corrected chi connectivity index (χ4v) is 3.10. The Kier molecular flexibility index (Phi) is 5.58. The summed E-state index contributed by atoms with van der Waals surface area (Å²) < 4.78 is 5.92. The van der Waals surface area contributed by atoms with Crippen LogP contribution in [0.25, 0.3) is 0 Å². The minimum atomic E-state index is 0.0516. The van der Waals surface area contributed by atoms with Crippen molar-refractivity contribution in [2.45, 2.75) is 25.9 Å². The van der Waals surface area contributed by atoms with E-state index in [0.29, 0.717) is 6.54 Å². The van der Waals surface area contributed by atoms with Crippen molar-refractivity contribution in [3.05, 3.63) is 57.8 Å². The van der Waals surface area contributed by atoms with Gasteiger partial charge in [-0.1, -0.05) is 30.3 Å². The van der Waals surface area contributed by atoms with E-state index in [1.165, 1.54) is 16.0 Å². The molecule has 1 atom stereocenters. The van der Waals surface area contributed by atoms with Crippen molar-refractivity contribution >= 4 is 11.3 Å². The molecule has 102 valence electrons. The topological polar surface area (TPSA) is 35.2 Å². The van der Waals surface area contributed by atoms with Crippen molar-refractivity contribution in [1.29, 1.82) is 0 Å². The average Bonchev–Trinajstić information content (AvgIpc) is 2.86. The molecule has 0 amide bonds. The molecule has 1 aromatic carbocycles. The summed E-state index contributed by atoms with van der Waals surface area (Å²) in [6, 6.07) is 12.6. The van der Waals surface area contributed by atoms with Crippen LogP contribution in [-0.4, -0.2) is 13.2 Å². The first kappa shape index (κ1) is 14.3. The van der Waals surface area contributed by atoms with Gasteiger partial charge in [0, 0.05) is 18.0 Å². The van der Waals surface area contributed by atoms with Gasteiger partial charge < -0.3 is 10.5 Å². The van der Waals surface area contributed by atoms with Gasteiger partial charge in [0.25, 0.3) is 0 Å². The lowest BCUT2D eigenvalue weighted by Gasteiger charge is -2.15. The van der Waals surface area contributed by atoms with Gasteiger partial charge in [0.15, 0.2) is 0 Å². The van der Waals surface area contributed by atoms with Crippen LogP contribution in [0, 0.1) is 6.92 Å². The molecule has 1 aromatic heterocycles. The number of aryl methyl sites for hydroxylation is 2. The van der Waals surface area contributed by atoms with Crippen LogP contribution in [0.4, 0.5) is 0 Å². The lowest BCUT2D eigenvalue weighted by Crippen LogP contribution is -2.16. The van der Waals surface area contributed by atoms with Gasteiger partial charge in [-0.25, -0.2) is 0 Å². The van der Waals surface area contributed by atoms with Crippen molar-refractivity contribution in [1.82, 2.24) is 0 Å². The van der Waals surface area contributed by atoms with Gasteiger partial charge in [-0.05, 0) is 42.3 Å². The van der Waals surface area contributed by atoms with Crippen LogP contribution in [0.15, 0.2) is 41.8 Å². The third kappa shape index (κ3) is 4.16. The average molecular weight is 275 g/mol. The Morgan fingerprint density at radius 1 is 1.21 bits per heavy atom. The van der Waals surface area contributed by atoms with Crippen molar-refractivity contribution in [2.75, 3.05) is 13.2 Å². The highest BCUT2D eigenvalue weighted by molar-refractivity contribution is 7.10. The molecule has 2 aromatic rings. The monoisotopic (exact) mass is 275 g/mol. The highest BCUT2D eigenvalue weighted by Gasteiger charge is 2.13. The molecular formula is C16H21NOS. The van der Waals surface area contributed by atoms with E-state index in [4.69, 9.17) is 10.5 Å². The normalized spacial score (nSPS) is 12.5. The molecule has 2 rings (SSSR count). The van der Waals surface area contributed by atoms with Crippen molar-refractivity contribution < 1.29 is 4.74 Å². The second-order valence-corrected chi connectivity index (χ2v) is 5.60. The zero-order valence-electron chi connectivity index (χ0n) is 11.3. The Labute approximate surface area is 119 Å². The predicted molar refractivity (Wildman–Crippen MR) is 81.6 cm³/mol. The zero-order chi connectivity index (χ0) is 13.5. The maximum Gasteiger partial charge on any atom is 0.104 e. The first-order chi connectivity index (χ1) is 9.31. The van der Waals surface area contributed by atoms with Crippen LogP contribution in [0.5, 0.6) is 0 Å². The molecule has 1 heterocycles. The summed E-state index contributed by atoms with van der Waals surface area (Å²) in [4.78, 5) is 1.27. The SMILES string of the molecule is Cc1ccsc1C(CN)OCCCc1ccccc1. The first-order valence-electron chi connectivity index (χ1n) is 6.71.